The van der Waals surface area contributed by atoms with Gasteiger partial charge in [0, 0.05) is 24.4 Å². The number of hydrogen-bond acceptors (Lipinski definition) is 3. The Kier molecular flexibility index (Phi) is 7.05. The van der Waals surface area contributed by atoms with Crippen molar-refractivity contribution in [2.24, 2.45) is 0 Å². The maximum atomic E-state index is 14.6. The topological polar surface area (TPSA) is 66.9 Å². The predicted octanol–water partition coefficient (Wildman–Crippen LogP) is 5.67. The lowest BCUT2D eigenvalue weighted by Gasteiger charge is -2.35. The van der Waals surface area contributed by atoms with E-state index in [1.165, 1.54) is 6.20 Å². The normalized spacial score (nSPS) is 16.0. The van der Waals surface area contributed by atoms with Crippen LogP contribution in [0.5, 0.6) is 0 Å². The number of halogens is 4. The molecule has 1 saturated carbocycles. The van der Waals surface area contributed by atoms with E-state index < -0.39 is 29.1 Å². The number of hydrogen-bond donors (Lipinski definition) is 2. The van der Waals surface area contributed by atoms with E-state index in [2.05, 4.69) is 20.6 Å². The first-order valence-corrected chi connectivity index (χ1v) is 11.5. The molecule has 2 aromatic carbocycles. The molecule has 9 heteroatoms. The summed E-state index contributed by atoms with van der Waals surface area (Å²) in [7, 11) is 0. The van der Waals surface area contributed by atoms with Crippen molar-refractivity contribution in [1.29, 1.82) is 0 Å². The maximum absolute atomic E-state index is 14.6. The quantitative estimate of drug-likeness (QED) is 0.441. The summed E-state index contributed by atoms with van der Waals surface area (Å²) in [6.07, 6.45) is 0.305. The molecule has 184 valence electrons. The monoisotopic (exact) mass is 486 g/mol. The summed E-state index contributed by atoms with van der Waals surface area (Å²) >= 11 is 0. The Hall–Kier alpha value is -3.49. The van der Waals surface area contributed by atoms with Gasteiger partial charge in [0.15, 0.2) is 5.82 Å². The van der Waals surface area contributed by atoms with Crippen molar-refractivity contribution in [2.75, 3.05) is 0 Å². The van der Waals surface area contributed by atoms with Crippen molar-refractivity contribution in [3.8, 4) is 0 Å². The zero-order valence-corrected chi connectivity index (χ0v) is 19.2. The molecule has 1 atom stereocenters. The number of aryl methyl sites for hydroxylation is 1. The van der Waals surface area contributed by atoms with E-state index in [-0.39, 0.29) is 23.9 Å². The van der Waals surface area contributed by atoms with Crippen LogP contribution in [-0.2, 0) is 18.1 Å². The summed E-state index contributed by atoms with van der Waals surface area (Å²) in [6.45, 7) is 1.71. The average Bonchev–Trinajstić information content (AvgIpc) is 3.31. The summed E-state index contributed by atoms with van der Waals surface area (Å²) in [5.74, 6) is -1.00. The number of alkyl halides is 3. The van der Waals surface area contributed by atoms with Gasteiger partial charge >= 0.3 is 12.2 Å². The number of benzene rings is 2. The minimum atomic E-state index is -4.78. The van der Waals surface area contributed by atoms with Crippen molar-refractivity contribution in [3.05, 3.63) is 94.8 Å². The molecular weight excluding hydrogens is 460 g/mol. The average molecular weight is 487 g/mol. The molecule has 0 saturated heterocycles. The Balaban J connectivity index is 1.90. The fourth-order valence-corrected chi connectivity index (χ4v) is 4.52. The number of carbonyl (C=O) groups excluding carboxylic acids is 1. The second-order valence-electron chi connectivity index (χ2n) is 8.90. The Morgan fingerprint density at radius 1 is 1.03 bits per heavy atom. The highest BCUT2D eigenvalue weighted by Crippen LogP contribution is 2.37. The lowest BCUT2D eigenvalue weighted by Crippen LogP contribution is -2.54. The number of nitrogens with zero attached hydrogens (tertiary/aromatic N) is 2. The zero-order valence-electron chi connectivity index (χ0n) is 19.2. The number of carbonyl (C=O) groups is 1. The minimum absolute atomic E-state index is 0.0101. The van der Waals surface area contributed by atoms with Gasteiger partial charge < -0.3 is 10.6 Å². The number of aromatic nitrogens is 2. The minimum Gasteiger partial charge on any atom is -0.335 e. The Labute approximate surface area is 201 Å². The molecule has 0 aliphatic heterocycles. The third kappa shape index (κ3) is 5.78. The highest BCUT2D eigenvalue weighted by molar-refractivity contribution is 5.76. The van der Waals surface area contributed by atoms with Crippen molar-refractivity contribution >= 4 is 6.03 Å². The molecule has 35 heavy (non-hydrogen) atoms. The van der Waals surface area contributed by atoms with Gasteiger partial charge in [-0.3, -0.25) is 0 Å². The summed E-state index contributed by atoms with van der Waals surface area (Å²) in [5, 5.41) is 5.77. The van der Waals surface area contributed by atoms with E-state index in [1.807, 2.05) is 0 Å². The maximum Gasteiger partial charge on any atom is 0.416 e. The van der Waals surface area contributed by atoms with E-state index in [1.54, 1.807) is 43.3 Å². The van der Waals surface area contributed by atoms with E-state index in [0.29, 0.717) is 17.3 Å². The fourth-order valence-electron chi connectivity index (χ4n) is 4.52. The molecule has 2 amide bonds. The molecule has 1 fully saturated rings. The molecule has 5 nitrogen and oxygen atoms in total. The van der Waals surface area contributed by atoms with Crippen molar-refractivity contribution < 1.29 is 22.4 Å². The van der Waals surface area contributed by atoms with Gasteiger partial charge in [0.05, 0.1) is 5.56 Å². The third-order valence-electron chi connectivity index (χ3n) is 6.22. The van der Waals surface area contributed by atoms with Crippen LogP contribution in [0, 0.1) is 12.7 Å². The molecule has 1 aromatic heterocycles. The van der Waals surface area contributed by atoms with Crippen LogP contribution in [0.25, 0.3) is 0 Å². The molecular formula is C26H26F4N4O. The van der Waals surface area contributed by atoms with E-state index in [0.717, 1.165) is 37.8 Å². The largest absolute Gasteiger partial charge is 0.416 e. The zero-order chi connectivity index (χ0) is 25.1. The highest BCUT2D eigenvalue weighted by atomic mass is 19.4. The van der Waals surface area contributed by atoms with Gasteiger partial charge in [-0.25, -0.2) is 19.2 Å². The summed E-state index contributed by atoms with van der Waals surface area (Å²) in [4.78, 5) is 22.0. The van der Waals surface area contributed by atoms with Crippen LogP contribution >= 0.6 is 0 Å². The third-order valence-corrected chi connectivity index (χ3v) is 6.22. The molecule has 3 aromatic rings. The van der Waals surface area contributed by atoms with Crippen LogP contribution in [0.15, 0.2) is 60.8 Å². The van der Waals surface area contributed by atoms with Crippen LogP contribution in [0.4, 0.5) is 22.4 Å². The molecule has 0 bridgehead atoms. The van der Waals surface area contributed by atoms with Crippen molar-refractivity contribution in [3.63, 3.8) is 0 Å². The van der Waals surface area contributed by atoms with Crippen LogP contribution in [0.1, 0.15) is 53.9 Å². The van der Waals surface area contributed by atoms with Gasteiger partial charge in [-0.05, 0) is 55.2 Å². The van der Waals surface area contributed by atoms with Gasteiger partial charge in [-0.15, -0.1) is 0 Å². The van der Waals surface area contributed by atoms with Crippen LogP contribution in [-0.4, -0.2) is 22.0 Å². The Morgan fingerprint density at radius 3 is 2.37 bits per heavy atom. The smallest absolute Gasteiger partial charge is 0.335 e. The van der Waals surface area contributed by atoms with E-state index in [4.69, 9.17) is 0 Å². The molecule has 1 heterocycles. The van der Waals surface area contributed by atoms with E-state index >= 15 is 0 Å². The fraction of sp³-hybridized carbons (Fsp3) is 0.346. The molecule has 0 spiro atoms. The summed E-state index contributed by atoms with van der Waals surface area (Å²) in [6, 6.07) is 12.2. The lowest BCUT2D eigenvalue weighted by atomic mass is 9.81. The number of amides is 2. The first-order chi connectivity index (χ1) is 16.7. The molecule has 0 unspecified atom stereocenters. The number of urea groups is 1. The second kappa shape index (κ2) is 10.0. The van der Waals surface area contributed by atoms with Gasteiger partial charge in [0.1, 0.15) is 11.4 Å². The number of nitrogens with one attached hydrogen (secondary N) is 2. The second-order valence-corrected chi connectivity index (χ2v) is 8.90. The Morgan fingerprint density at radius 2 is 1.71 bits per heavy atom. The molecule has 2 N–H and O–H groups in total. The van der Waals surface area contributed by atoms with Crippen molar-refractivity contribution in [2.45, 2.75) is 56.8 Å². The van der Waals surface area contributed by atoms with Gasteiger partial charge in [0.25, 0.3) is 0 Å². The summed E-state index contributed by atoms with van der Waals surface area (Å²) in [5.41, 5.74) is -1.66. The van der Waals surface area contributed by atoms with Gasteiger partial charge in [-0.2, -0.15) is 13.2 Å². The number of rotatable bonds is 6. The van der Waals surface area contributed by atoms with Crippen LogP contribution in [0.3, 0.4) is 0 Å². The van der Waals surface area contributed by atoms with E-state index in [9.17, 15) is 22.4 Å². The molecule has 1 aliphatic carbocycles. The first-order valence-electron chi connectivity index (χ1n) is 11.5. The van der Waals surface area contributed by atoms with Gasteiger partial charge in [0.2, 0.25) is 0 Å². The molecule has 4 rings (SSSR count). The molecule has 0 radical (unpaired) electrons. The molecule has 1 aliphatic rings. The SMILES string of the molecule is Cc1ccnc([C@](Cc2ccccc2)(NC(=O)NC2CCCC2)c2cc(F)cc(C(F)(F)F)c2)n1. The van der Waals surface area contributed by atoms with Crippen LogP contribution < -0.4 is 10.6 Å². The van der Waals surface area contributed by atoms with Crippen LogP contribution in [0.2, 0.25) is 0 Å². The van der Waals surface area contributed by atoms with Gasteiger partial charge in [-0.1, -0.05) is 43.2 Å². The highest BCUT2D eigenvalue weighted by Gasteiger charge is 2.42. The Bertz CT molecular complexity index is 1180. The summed E-state index contributed by atoms with van der Waals surface area (Å²) < 4.78 is 55.6. The predicted molar refractivity (Wildman–Crippen MR) is 123 cm³/mol. The standard InChI is InChI=1S/C26H26F4N4O/c1-17-11-12-31-23(32-17)25(16-18-7-3-2-4-8-18,34-24(35)33-22-9-5-6-10-22)19-13-20(26(28,29)30)15-21(27)14-19/h2-4,7-8,11-15,22H,5-6,9-10,16H2,1H3,(H2,33,34,35)/t25-/m1/s1. The lowest BCUT2D eigenvalue weighted by molar-refractivity contribution is -0.137. The first kappa shape index (κ1) is 24.6. The van der Waals surface area contributed by atoms with Crippen molar-refractivity contribution in [1.82, 2.24) is 20.6 Å².